The summed E-state index contributed by atoms with van der Waals surface area (Å²) in [6, 6.07) is 22.0. The fraction of sp³-hybridized carbons (Fsp3) is 0.286. The summed E-state index contributed by atoms with van der Waals surface area (Å²) in [7, 11) is 0. The summed E-state index contributed by atoms with van der Waals surface area (Å²) in [4.78, 5) is 17.6. The standard InChI is InChI=1S/C28H31N3O2/c1-19-13-14-21(3)26(17-19)33-16-15-31-25-12-8-7-11-24(25)30-28(31)22(4)29-27(32)18-23-10-6-5-9-20(23)2/h5-14,17,22H,15-16,18H2,1-4H3,(H,29,32). The maximum Gasteiger partial charge on any atom is 0.225 e. The van der Waals surface area contributed by atoms with Crippen molar-refractivity contribution in [1.82, 2.24) is 14.9 Å². The molecule has 1 unspecified atom stereocenters. The van der Waals surface area contributed by atoms with Crippen LogP contribution in [0, 0.1) is 20.8 Å². The first-order valence-corrected chi connectivity index (χ1v) is 11.4. The van der Waals surface area contributed by atoms with Crippen molar-refractivity contribution >= 4 is 16.9 Å². The van der Waals surface area contributed by atoms with Crippen LogP contribution in [0.3, 0.4) is 0 Å². The van der Waals surface area contributed by atoms with E-state index in [-0.39, 0.29) is 11.9 Å². The third kappa shape index (κ3) is 5.25. The van der Waals surface area contributed by atoms with E-state index in [2.05, 4.69) is 48.0 Å². The summed E-state index contributed by atoms with van der Waals surface area (Å²) in [5.74, 6) is 1.72. The Hall–Kier alpha value is -3.60. The van der Waals surface area contributed by atoms with Crippen LogP contribution in [-0.2, 0) is 17.8 Å². The molecule has 5 heteroatoms. The van der Waals surface area contributed by atoms with Gasteiger partial charge in [0.2, 0.25) is 5.91 Å². The van der Waals surface area contributed by atoms with E-state index in [1.807, 2.05) is 56.3 Å². The van der Waals surface area contributed by atoms with Crippen molar-refractivity contribution in [2.24, 2.45) is 0 Å². The van der Waals surface area contributed by atoms with Crippen LogP contribution >= 0.6 is 0 Å². The molecule has 0 fully saturated rings. The van der Waals surface area contributed by atoms with Gasteiger partial charge in [-0.25, -0.2) is 4.98 Å². The second-order valence-corrected chi connectivity index (χ2v) is 8.62. The van der Waals surface area contributed by atoms with Crippen molar-refractivity contribution in [3.63, 3.8) is 0 Å². The number of aromatic nitrogens is 2. The average molecular weight is 442 g/mol. The number of imidazole rings is 1. The first-order valence-electron chi connectivity index (χ1n) is 11.4. The van der Waals surface area contributed by atoms with E-state index in [1.54, 1.807) is 0 Å². The molecule has 0 bridgehead atoms. The van der Waals surface area contributed by atoms with Gasteiger partial charge in [-0.3, -0.25) is 4.79 Å². The zero-order valence-corrected chi connectivity index (χ0v) is 19.8. The van der Waals surface area contributed by atoms with Gasteiger partial charge in [0.25, 0.3) is 0 Å². The zero-order valence-electron chi connectivity index (χ0n) is 19.8. The topological polar surface area (TPSA) is 56.1 Å². The smallest absolute Gasteiger partial charge is 0.225 e. The molecule has 1 heterocycles. The van der Waals surface area contributed by atoms with Crippen molar-refractivity contribution in [3.05, 3.63) is 94.8 Å². The molecule has 5 nitrogen and oxygen atoms in total. The monoisotopic (exact) mass is 441 g/mol. The number of amides is 1. The lowest BCUT2D eigenvalue weighted by Gasteiger charge is -2.17. The Morgan fingerprint density at radius 3 is 2.58 bits per heavy atom. The predicted octanol–water partition coefficient (Wildman–Crippen LogP) is 5.46. The number of fused-ring (bicyclic) bond motifs is 1. The maximum atomic E-state index is 12.8. The number of carbonyl (C=O) groups excluding carboxylic acids is 1. The molecule has 0 saturated heterocycles. The molecule has 33 heavy (non-hydrogen) atoms. The van der Waals surface area contributed by atoms with Gasteiger partial charge in [0.15, 0.2) is 0 Å². The molecule has 1 aromatic heterocycles. The molecule has 0 aliphatic heterocycles. The number of para-hydroxylation sites is 2. The molecular weight excluding hydrogens is 410 g/mol. The summed E-state index contributed by atoms with van der Waals surface area (Å²) < 4.78 is 8.26. The molecule has 0 radical (unpaired) electrons. The molecule has 170 valence electrons. The van der Waals surface area contributed by atoms with E-state index in [1.165, 1.54) is 5.56 Å². The number of nitrogens with zero attached hydrogens (tertiary/aromatic N) is 2. The van der Waals surface area contributed by atoms with E-state index in [4.69, 9.17) is 9.72 Å². The number of benzene rings is 3. The number of hydrogen-bond acceptors (Lipinski definition) is 3. The van der Waals surface area contributed by atoms with Gasteiger partial charge in [0, 0.05) is 0 Å². The van der Waals surface area contributed by atoms with E-state index >= 15 is 0 Å². The lowest BCUT2D eigenvalue weighted by Crippen LogP contribution is -2.30. The van der Waals surface area contributed by atoms with Gasteiger partial charge in [0.05, 0.1) is 30.0 Å². The van der Waals surface area contributed by atoms with E-state index in [9.17, 15) is 4.79 Å². The quantitative estimate of drug-likeness (QED) is 0.395. The number of hydrogen-bond donors (Lipinski definition) is 1. The fourth-order valence-electron chi connectivity index (χ4n) is 4.11. The van der Waals surface area contributed by atoms with Gasteiger partial charge in [-0.1, -0.05) is 48.5 Å². The van der Waals surface area contributed by atoms with Gasteiger partial charge in [-0.05, 0) is 68.1 Å². The SMILES string of the molecule is Cc1ccc(C)c(OCCn2c(C(C)NC(=O)Cc3ccccc3C)nc3ccccc32)c1. The van der Waals surface area contributed by atoms with Crippen LogP contribution in [0.2, 0.25) is 0 Å². The Bertz CT molecular complexity index is 1280. The highest BCUT2D eigenvalue weighted by Gasteiger charge is 2.19. The lowest BCUT2D eigenvalue weighted by atomic mass is 10.1. The molecule has 0 aliphatic carbocycles. The second kappa shape index (κ2) is 9.90. The highest BCUT2D eigenvalue weighted by atomic mass is 16.5. The summed E-state index contributed by atoms with van der Waals surface area (Å²) in [5.41, 5.74) is 6.41. The molecule has 4 rings (SSSR count). The van der Waals surface area contributed by atoms with Crippen LogP contribution in [-0.4, -0.2) is 22.1 Å². The first-order chi connectivity index (χ1) is 15.9. The Morgan fingerprint density at radius 1 is 1.00 bits per heavy atom. The number of aryl methyl sites for hydroxylation is 3. The molecule has 1 amide bonds. The van der Waals surface area contributed by atoms with Crippen LogP contribution < -0.4 is 10.1 Å². The molecule has 3 aromatic carbocycles. The third-order valence-corrected chi connectivity index (χ3v) is 5.98. The molecule has 1 atom stereocenters. The normalized spacial score (nSPS) is 12.0. The summed E-state index contributed by atoms with van der Waals surface area (Å²) in [6.45, 7) is 9.29. The average Bonchev–Trinajstić information content (AvgIpc) is 3.16. The summed E-state index contributed by atoms with van der Waals surface area (Å²) in [6.07, 6.45) is 0.354. The van der Waals surface area contributed by atoms with Crippen molar-refractivity contribution in [3.8, 4) is 5.75 Å². The van der Waals surface area contributed by atoms with E-state index in [0.717, 1.165) is 39.3 Å². The zero-order chi connectivity index (χ0) is 23.4. The molecule has 1 N–H and O–H groups in total. The first kappa shape index (κ1) is 22.6. The van der Waals surface area contributed by atoms with Crippen LogP contribution in [0.25, 0.3) is 11.0 Å². The predicted molar refractivity (Wildman–Crippen MR) is 133 cm³/mol. The number of rotatable bonds is 8. The summed E-state index contributed by atoms with van der Waals surface area (Å²) in [5, 5.41) is 3.13. The van der Waals surface area contributed by atoms with Gasteiger partial charge < -0.3 is 14.6 Å². The van der Waals surface area contributed by atoms with E-state index < -0.39 is 0 Å². The van der Waals surface area contributed by atoms with Crippen LogP contribution in [0.1, 0.15) is 41.0 Å². The minimum atomic E-state index is -0.227. The van der Waals surface area contributed by atoms with Crippen LogP contribution in [0.5, 0.6) is 5.75 Å². The van der Waals surface area contributed by atoms with Gasteiger partial charge in [0.1, 0.15) is 18.2 Å². The minimum absolute atomic E-state index is 0.0120. The fourth-order valence-corrected chi connectivity index (χ4v) is 4.11. The third-order valence-electron chi connectivity index (χ3n) is 5.98. The van der Waals surface area contributed by atoms with Crippen molar-refractivity contribution in [2.45, 2.75) is 46.7 Å². The minimum Gasteiger partial charge on any atom is -0.491 e. The Morgan fingerprint density at radius 2 is 1.76 bits per heavy atom. The van der Waals surface area contributed by atoms with Crippen molar-refractivity contribution < 1.29 is 9.53 Å². The van der Waals surface area contributed by atoms with Crippen LogP contribution in [0.4, 0.5) is 0 Å². The Balaban J connectivity index is 1.51. The van der Waals surface area contributed by atoms with Gasteiger partial charge >= 0.3 is 0 Å². The summed E-state index contributed by atoms with van der Waals surface area (Å²) >= 11 is 0. The van der Waals surface area contributed by atoms with Crippen molar-refractivity contribution in [2.75, 3.05) is 6.61 Å². The van der Waals surface area contributed by atoms with Crippen molar-refractivity contribution in [1.29, 1.82) is 0 Å². The van der Waals surface area contributed by atoms with E-state index in [0.29, 0.717) is 19.6 Å². The number of nitrogens with one attached hydrogen (secondary N) is 1. The molecular formula is C28H31N3O2. The van der Waals surface area contributed by atoms with Gasteiger partial charge in [-0.2, -0.15) is 0 Å². The second-order valence-electron chi connectivity index (χ2n) is 8.62. The van der Waals surface area contributed by atoms with Crippen LogP contribution in [0.15, 0.2) is 66.7 Å². The number of ether oxygens (including phenoxy) is 1. The maximum absolute atomic E-state index is 12.8. The highest BCUT2D eigenvalue weighted by molar-refractivity contribution is 5.80. The molecule has 4 aromatic rings. The largest absolute Gasteiger partial charge is 0.491 e. The lowest BCUT2D eigenvalue weighted by molar-refractivity contribution is -0.121. The molecule has 0 saturated carbocycles. The Kier molecular flexibility index (Phi) is 6.78. The Labute approximate surface area is 195 Å². The highest BCUT2D eigenvalue weighted by Crippen LogP contribution is 2.23. The molecule has 0 aliphatic rings. The molecule has 0 spiro atoms. The van der Waals surface area contributed by atoms with Gasteiger partial charge in [-0.15, -0.1) is 0 Å². The number of carbonyl (C=O) groups is 1.